The molecule has 1 aliphatic heterocycles. The Kier molecular flexibility index (Phi) is 4.29. The van der Waals surface area contributed by atoms with E-state index in [4.69, 9.17) is 4.74 Å². The Hall–Kier alpha value is -2.33. The van der Waals surface area contributed by atoms with Gasteiger partial charge in [-0.1, -0.05) is 0 Å². The van der Waals surface area contributed by atoms with Crippen LogP contribution in [0.2, 0.25) is 0 Å². The van der Waals surface area contributed by atoms with E-state index in [1.165, 1.54) is 6.08 Å². The number of ether oxygens (including phenoxy) is 1. The molecule has 21 heavy (non-hydrogen) atoms. The van der Waals surface area contributed by atoms with E-state index in [9.17, 15) is 9.59 Å². The second-order valence-corrected chi connectivity index (χ2v) is 5.87. The highest BCUT2D eigenvalue weighted by atomic mass is 16.6. The fourth-order valence-corrected chi connectivity index (χ4v) is 2.10. The van der Waals surface area contributed by atoms with E-state index in [0.717, 1.165) is 11.3 Å². The van der Waals surface area contributed by atoms with E-state index in [0.29, 0.717) is 25.3 Å². The number of anilines is 1. The van der Waals surface area contributed by atoms with E-state index in [-0.39, 0.29) is 6.09 Å². The number of fused-ring (bicyclic) bond motifs is 1. The molecule has 6 nitrogen and oxygen atoms in total. The number of benzene rings is 1. The van der Waals surface area contributed by atoms with Gasteiger partial charge in [0.1, 0.15) is 5.60 Å². The summed E-state index contributed by atoms with van der Waals surface area (Å²) in [6.07, 6.45) is 1.17. The Labute approximate surface area is 123 Å². The first-order chi connectivity index (χ1) is 9.89. The van der Waals surface area contributed by atoms with Crippen molar-refractivity contribution in [1.82, 2.24) is 4.90 Å². The van der Waals surface area contributed by atoms with Gasteiger partial charge in [-0.2, -0.15) is 4.99 Å². The third kappa shape index (κ3) is 4.07. The molecule has 1 aromatic carbocycles. The molecule has 0 aliphatic carbocycles. The lowest BCUT2D eigenvalue weighted by molar-refractivity contribution is 0.0245. The quantitative estimate of drug-likeness (QED) is 0.637. The number of amides is 1. The maximum Gasteiger partial charge on any atom is 0.410 e. The maximum absolute atomic E-state index is 12.2. The smallest absolute Gasteiger partial charge is 0.410 e. The van der Waals surface area contributed by atoms with Crippen molar-refractivity contribution in [3.63, 3.8) is 0 Å². The molecule has 0 unspecified atom stereocenters. The van der Waals surface area contributed by atoms with Crippen LogP contribution in [0.3, 0.4) is 0 Å². The van der Waals surface area contributed by atoms with Crippen LogP contribution in [-0.4, -0.2) is 35.8 Å². The van der Waals surface area contributed by atoms with Crippen LogP contribution in [0.25, 0.3) is 0 Å². The molecule has 1 aliphatic rings. The van der Waals surface area contributed by atoms with Crippen LogP contribution in [-0.2, 0) is 16.1 Å². The van der Waals surface area contributed by atoms with Gasteiger partial charge in [-0.25, -0.2) is 9.59 Å². The molecule has 0 spiro atoms. The Morgan fingerprint density at radius 3 is 2.86 bits per heavy atom. The van der Waals surface area contributed by atoms with Crippen LogP contribution < -0.4 is 5.32 Å². The largest absolute Gasteiger partial charge is 0.444 e. The standard InChI is InChI=1S/C15H19N3O3/c1-15(2,3)21-14(20)18-7-6-16-13-5-4-12(17-10-19)8-11(13)9-18/h4-5,8,16H,6-7,9H2,1-3H3. The van der Waals surface area contributed by atoms with Gasteiger partial charge in [0, 0.05) is 18.8 Å². The number of isocyanates is 1. The monoisotopic (exact) mass is 289 g/mol. The van der Waals surface area contributed by atoms with E-state index < -0.39 is 5.60 Å². The normalized spacial score (nSPS) is 14.3. The van der Waals surface area contributed by atoms with Crippen LogP contribution in [0.15, 0.2) is 23.2 Å². The van der Waals surface area contributed by atoms with Crippen molar-refractivity contribution in [1.29, 1.82) is 0 Å². The summed E-state index contributed by atoms with van der Waals surface area (Å²) in [5, 5.41) is 3.25. The van der Waals surface area contributed by atoms with Crippen molar-refractivity contribution in [2.75, 3.05) is 18.4 Å². The van der Waals surface area contributed by atoms with Gasteiger partial charge < -0.3 is 15.0 Å². The third-order valence-corrected chi connectivity index (χ3v) is 2.97. The predicted octanol–water partition coefficient (Wildman–Crippen LogP) is 2.82. The van der Waals surface area contributed by atoms with Crippen molar-refractivity contribution in [2.24, 2.45) is 4.99 Å². The third-order valence-electron chi connectivity index (χ3n) is 2.97. The Bertz CT molecular complexity index is 586. The van der Waals surface area contributed by atoms with Crippen LogP contribution in [0.1, 0.15) is 26.3 Å². The minimum Gasteiger partial charge on any atom is -0.444 e. The Morgan fingerprint density at radius 1 is 1.43 bits per heavy atom. The SMILES string of the molecule is CC(C)(C)OC(=O)N1CCNc2ccc(N=C=O)cc2C1. The summed E-state index contributed by atoms with van der Waals surface area (Å²) >= 11 is 0. The average Bonchev–Trinajstić information content (AvgIpc) is 2.59. The van der Waals surface area contributed by atoms with Crippen LogP contribution in [0.4, 0.5) is 16.2 Å². The Balaban J connectivity index is 2.21. The summed E-state index contributed by atoms with van der Waals surface area (Å²) in [7, 11) is 0. The minimum absolute atomic E-state index is 0.346. The lowest BCUT2D eigenvalue weighted by Gasteiger charge is -2.26. The second kappa shape index (κ2) is 5.97. The number of nitrogens with zero attached hydrogens (tertiary/aromatic N) is 2. The highest BCUT2D eigenvalue weighted by Gasteiger charge is 2.24. The molecule has 1 amide bonds. The Morgan fingerprint density at radius 2 is 2.19 bits per heavy atom. The molecule has 0 fully saturated rings. The van der Waals surface area contributed by atoms with Gasteiger partial charge in [0.2, 0.25) is 6.08 Å². The van der Waals surface area contributed by atoms with Gasteiger partial charge in [-0.15, -0.1) is 0 Å². The van der Waals surface area contributed by atoms with Crippen LogP contribution in [0, 0.1) is 0 Å². The zero-order chi connectivity index (χ0) is 15.5. The molecule has 0 saturated heterocycles. The number of aliphatic imine (C=N–C) groups is 1. The molecule has 0 bridgehead atoms. The topological polar surface area (TPSA) is 71.0 Å². The lowest BCUT2D eigenvalue weighted by Crippen LogP contribution is -2.37. The summed E-state index contributed by atoms with van der Waals surface area (Å²) in [5.41, 5.74) is 1.83. The summed E-state index contributed by atoms with van der Waals surface area (Å²) in [4.78, 5) is 27.8. The molecule has 0 atom stereocenters. The van der Waals surface area contributed by atoms with E-state index in [2.05, 4.69) is 10.3 Å². The number of rotatable bonds is 1. The van der Waals surface area contributed by atoms with E-state index in [1.54, 1.807) is 17.0 Å². The molecule has 6 heteroatoms. The molecule has 1 aromatic rings. The first-order valence-electron chi connectivity index (χ1n) is 6.81. The summed E-state index contributed by atoms with van der Waals surface area (Å²) < 4.78 is 5.40. The van der Waals surface area contributed by atoms with Gasteiger partial charge in [0.05, 0.1) is 12.2 Å². The number of carbonyl (C=O) groups excluding carboxylic acids is 2. The summed E-state index contributed by atoms with van der Waals surface area (Å²) in [6.45, 7) is 7.13. The van der Waals surface area contributed by atoms with Crippen LogP contribution in [0.5, 0.6) is 0 Å². The maximum atomic E-state index is 12.2. The van der Waals surface area contributed by atoms with Gasteiger partial charge in [0.15, 0.2) is 0 Å². The lowest BCUT2D eigenvalue weighted by atomic mass is 10.1. The minimum atomic E-state index is -0.524. The molecular weight excluding hydrogens is 270 g/mol. The fraction of sp³-hybridized carbons (Fsp3) is 0.467. The number of hydrogen-bond acceptors (Lipinski definition) is 5. The molecule has 1 heterocycles. The van der Waals surface area contributed by atoms with Crippen LogP contribution >= 0.6 is 0 Å². The van der Waals surface area contributed by atoms with E-state index in [1.807, 2.05) is 26.8 Å². The van der Waals surface area contributed by atoms with Crippen molar-refractivity contribution in [2.45, 2.75) is 32.9 Å². The van der Waals surface area contributed by atoms with Gasteiger partial charge >= 0.3 is 6.09 Å². The molecule has 0 saturated carbocycles. The molecular formula is C15H19N3O3. The number of carbonyl (C=O) groups is 1. The first-order valence-corrected chi connectivity index (χ1v) is 6.81. The second-order valence-electron chi connectivity index (χ2n) is 5.87. The molecule has 0 radical (unpaired) electrons. The zero-order valence-electron chi connectivity index (χ0n) is 12.5. The van der Waals surface area contributed by atoms with Gasteiger partial charge in [0.25, 0.3) is 0 Å². The molecule has 0 aromatic heterocycles. The fourth-order valence-electron chi connectivity index (χ4n) is 2.10. The van der Waals surface area contributed by atoms with Crippen molar-refractivity contribution < 1.29 is 14.3 Å². The highest BCUT2D eigenvalue weighted by Crippen LogP contribution is 2.26. The first kappa shape index (κ1) is 15.1. The average molecular weight is 289 g/mol. The van der Waals surface area contributed by atoms with Gasteiger partial charge in [-0.3, -0.25) is 0 Å². The summed E-state index contributed by atoms with van der Waals surface area (Å²) in [5.74, 6) is 0. The van der Waals surface area contributed by atoms with Crippen molar-refractivity contribution >= 4 is 23.5 Å². The summed E-state index contributed by atoms with van der Waals surface area (Å²) in [6, 6.07) is 5.36. The van der Waals surface area contributed by atoms with Crippen molar-refractivity contribution in [3.8, 4) is 0 Å². The number of hydrogen-bond donors (Lipinski definition) is 1. The molecule has 1 N–H and O–H groups in total. The van der Waals surface area contributed by atoms with Gasteiger partial charge in [-0.05, 0) is 44.5 Å². The number of nitrogens with one attached hydrogen (secondary N) is 1. The molecule has 112 valence electrons. The van der Waals surface area contributed by atoms with E-state index >= 15 is 0 Å². The molecule has 2 rings (SSSR count). The van der Waals surface area contributed by atoms with Crippen molar-refractivity contribution in [3.05, 3.63) is 23.8 Å². The predicted molar refractivity (Wildman–Crippen MR) is 79.4 cm³/mol. The zero-order valence-corrected chi connectivity index (χ0v) is 12.5. The highest BCUT2D eigenvalue weighted by molar-refractivity contribution is 5.70.